The summed E-state index contributed by atoms with van der Waals surface area (Å²) in [5, 5.41) is 3.04. The van der Waals surface area contributed by atoms with Gasteiger partial charge in [0.1, 0.15) is 0 Å². The van der Waals surface area contributed by atoms with Crippen molar-refractivity contribution in [1.82, 2.24) is 14.6 Å². The zero-order chi connectivity index (χ0) is 15.5. The van der Waals surface area contributed by atoms with Crippen molar-refractivity contribution in [2.24, 2.45) is 18.9 Å². The summed E-state index contributed by atoms with van der Waals surface area (Å²) in [5.41, 5.74) is 0.962. The fourth-order valence-electron chi connectivity index (χ4n) is 3.14. The highest BCUT2D eigenvalue weighted by Gasteiger charge is 2.22. The minimum Gasteiger partial charge on any atom is -0.352 e. The molecule has 0 aliphatic heterocycles. The number of aryl methyl sites for hydroxylation is 1. The minimum atomic E-state index is -3.40. The maximum atomic E-state index is 12.4. The smallest absolute Gasteiger partial charge is 0.242 e. The molecule has 2 unspecified atom stereocenters. The highest BCUT2D eigenvalue weighted by molar-refractivity contribution is 7.89. The number of sulfonamides is 1. The Labute approximate surface area is 128 Å². The van der Waals surface area contributed by atoms with E-state index in [2.05, 4.69) is 17.0 Å². The van der Waals surface area contributed by atoms with Crippen molar-refractivity contribution in [3.05, 3.63) is 18.0 Å². The van der Waals surface area contributed by atoms with Crippen LogP contribution in [0.1, 0.15) is 38.3 Å². The van der Waals surface area contributed by atoms with Gasteiger partial charge in [-0.3, -0.25) is 0 Å². The van der Waals surface area contributed by atoms with E-state index in [-0.39, 0.29) is 0 Å². The quantitative estimate of drug-likeness (QED) is 0.842. The van der Waals surface area contributed by atoms with Crippen molar-refractivity contribution in [2.45, 2.75) is 44.0 Å². The Morgan fingerprint density at radius 1 is 1.38 bits per heavy atom. The summed E-state index contributed by atoms with van der Waals surface area (Å²) in [4.78, 5) is 0.360. The van der Waals surface area contributed by atoms with E-state index in [0.717, 1.165) is 18.5 Å². The van der Waals surface area contributed by atoms with Crippen molar-refractivity contribution in [1.29, 1.82) is 0 Å². The first-order valence-corrected chi connectivity index (χ1v) is 9.20. The van der Waals surface area contributed by atoms with Gasteiger partial charge in [0.15, 0.2) is 0 Å². The molecule has 1 saturated carbocycles. The second-order valence-electron chi connectivity index (χ2n) is 6.30. The molecule has 0 amide bonds. The van der Waals surface area contributed by atoms with E-state index in [1.807, 2.05) is 18.7 Å². The van der Waals surface area contributed by atoms with Crippen molar-refractivity contribution >= 4 is 10.0 Å². The third-order valence-corrected chi connectivity index (χ3v) is 5.75. The van der Waals surface area contributed by atoms with Gasteiger partial charge in [-0.2, -0.15) is 0 Å². The molecule has 1 aromatic heterocycles. The zero-order valence-electron chi connectivity index (χ0n) is 13.2. The van der Waals surface area contributed by atoms with Gasteiger partial charge >= 0.3 is 0 Å². The van der Waals surface area contributed by atoms with Crippen LogP contribution in [0.4, 0.5) is 0 Å². The van der Waals surface area contributed by atoms with E-state index in [0.29, 0.717) is 29.8 Å². The Morgan fingerprint density at radius 2 is 2.14 bits per heavy atom. The van der Waals surface area contributed by atoms with Crippen LogP contribution in [0.2, 0.25) is 0 Å². The van der Waals surface area contributed by atoms with Crippen molar-refractivity contribution in [3.63, 3.8) is 0 Å². The number of hydrogen-bond acceptors (Lipinski definition) is 3. The van der Waals surface area contributed by atoms with Gasteiger partial charge in [-0.15, -0.1) is 0 Å². The zero-order valence-corrected chi connectivity index (χ0v) is 14.0. The predicted molar refractivity (Wildman–Crippen MR) is 84.5 cm³/mol. The molecule has 1 aliphatic carbocycles. The second kappa shape index (κ2) is 6.94. The molecular formula is C15H27N3O2S. The van der Waals surface area contributed by atoms with Crippen molar-refractivity contribution < 1.29 is 8.42 Å². The van der Waals surface area contributed by atoms with E-state index in [1.54, 1.807) is 12.3 Å². The maximum absolute atomic E-state index is 12.4. The van der Waals surface area contributed by atoms with Crippen molar-refractivity contribution in [2.75, 3.05) is 13.6 Å². The Balaban J connectivity index is 1.99. The summed E-state index contributed by atoms with van der Waals surface area (Å²) < 4.78 is 29.4. The molecule has 0 radical (unpaired) electrons. The Bertz CT molecular complexity index is 565. The second-order valence-corrected chi connectivity index (χ2v) is 8.07. The van der Waals surface area contributed by atoms with E-state index < -0.39 is 10.0 Å². The molecule has 0 saturated heterocycles. The minimum absolute atomic E-state index is 0.360. The molecular weight excluding hydrogens is 286 g/mol. The SMILES string of the molecule is CNCc1cc(S(=O)(=O)NCC2CCCC(C)C2)cn1C. The van der Waals surface area contributed by atoms with Gasteiger partial charge in [0.05, 0.1) is 4.90 Å². The number of rotatable bonds is 6. The molecule has 1 fully saturated rings. The molecule has 6 heteroatoms. The fraction of sp³-hybridized carbons (Fsp3) is 0.733. The monoisotopic (exact) mass is 313 g/mol. The first-order valence-electron chi connectivity index (χ1n) is 7.72. The van der Waals surface area contributed by atoms with Gasteiger partial charge in [-0.25, -0.2) is 13.1 Å². The van der Waals surface area contributed by atoms with Crippen LogP contribution in [0.25, 0.3) is 0 Å². The van der Waals surface area contributed by atoms with Gasteiger partial charge in [-0.05, 0) is 37.8 Å². The fourth-order valence-corrected chi connectivity index (χ4v) is 4.35. The van der Waals surface area contributed by atoms with Crippen LogP contribution in [-0.4, -0.2) is 26.6 Å². The van der Waals surface area contributed by atoms with E-state index >= 15 is 0 Å². The van der Waals surface area contributed by atoms with Gasteiger partial charge in [0, 0.05) is 32.0 Å². The molecule has 0 bridgehead atoms. The summed E-state index contributed by atoms with van der Waals surface area (Å²) in [5.74, 6) is 1.19. The van der Waals surface area contributed by atoms with E-state index in [4.69, 9.17) is 0 Å². The van der Waals surface area contributed by atoms with Gasteiger partial charge in [0.25, 0.3) is 0 Å². The van der Waals surface area contributed by atoms with Gasteiger partial charge in [-0.1, -0.05) is 19.8 Å². The van der Waals surface area contributed by atoms with Gasteiger partial charge < -0.3 is 9.88 Å². The molecule has 1 heterocycles. The molecule has 21 heavy (non-hydrogen) atoms. The maximum Gasteiger partial charge on any atom is 0.242 e. The number of nitrogens with one attached hydrogen (secondary N) is 2. The standard InChI is InChI=1S/C15H27N3O2S/c1-12-5-4-6-13(7-12)9-17-21(19,20)15-8-14(10-16-2)18(3)11-15/h8,11-13,16-17H,4-7,9-10H2,1-3H3. The van der Waals surface area contributed by atoms with Crippen LogP contribution in [0, 0.1) is 11.8 Å². The topological polar surface area (TPSA) is 63.1 Å². The molecule has 1 aromatic rings. The third-order valence-electron chi connectivity index (χ3n) is 4.36. The molecule has 2 atom stereocenters. The lowest BCUT2D eigenvalue weighted by Crippen LogP contribution is -2.31. The van der Waals surface area contributed by atoms with Crippen LogP contribution in [0.15, 0.2) is 17.2 Å². The third kappa shape index (κ3) is 4.31. The molecule has 2 N–H and O–H groups in total. The summed E-state index contributed by atoms with van der Waals surface area (Å²) >= 11 is 0. The first-order chi connectivity index (χ1) is 9.92. The van der Waals surface area contributed by atoms with Crippen molar-refractivity contribution in [3.8, 4) is 0 Å². The lowest BCUT2D eigenvalue weighted by molar-refractivity contribution is 0.283. The Morgan fingerprint density at radius 3 is 2.81 bits per heavy atom. The Kier molecular flexibility index (Phi) is 5.46. The van der Waals surface area contributed by atoms with E-state index in [1.165, 1.54) is 12.8 Å². The summed E-state index contributed by atoms with van der Waals surface area (Å²) in [6.07, 6.45) is 6.42. The number of aromatic nitrogens is 1. The van der Waals surface area contributed by atoms with Crippen LogP contribution >= 0.6 is 0 Å². The molecule has 120 valence electrons. The lowest BCUT2D eigenvalue weighted by atomic mass is 9.83. The van der Waals surface area contributed by atoms with Gasteiger partial charge in [0.2, 0.25) is 10.0 Å². The summed E-state index contributed by atoms with van der Waals surface area (Å²) in [6, 6.07) is 1.74. The summed E-state index contributed by atoms with van der Waals surface area (Å²) in [7, 11) is 0.325. The molecule has 2 rings (SSSR count). The Hall–Kier alpha value is -0.850. The van der Waals surface area contributed by atoms with Crippen LogP contribution < -0.4 is 10.0 Å². The molecule has 1 aliphatic rings. The normalized spacial score (nSPS) is 23.4. The number of hydrogen-bond donors (Lipinski definition) is 2. The highest BCUT2D eigenvalue weighted by atomic mass is 32.2. The molecule has 0 aromatic carbocycles. The number of nitrogens with zero attached hydrogens (tertiary/aromatic N) is 1. The molecule has 0 spiro atoms. The highest BCUT2D eigenvalue weighted by Crippen LogP contribution is 2.28. The average Bonchev–Trinajstić information content (AvgIpc) is 2.80. The molecule has 5 nitrogen and oxygen atoms in total. The lowest BCUT2D eigenvalue weighted by Gasteiger charge is -2.26. The largest absolute Gasteiger partial charge is 0.352 e. The summed E-state index contributed by atoms with van der Waals surface area (Å²) in [6.45, 7) is 3.47. The van der Waals surface area contributed by atoms with E-state index in [9.17, 15) is 8.42 Å². The first kappa shape index (κ1) is 16.5. The van der Waals surface area contributed by atoms with Crippen LogP contribution in [0.3, 0.4) is 0 Å². The van der Waals surface area contributed by atoms with Crippen LogP contribution in [-0.2, 0) is 23.6 Å². The van der Waals surface area contributed by atoms with Crippen LogP contribution in [0.5, 0.6) is 0 Å². The predicted octanol–water partition coefficient (Wildman–Crippen LogP) is 1.85. The average molecular weight is 313 g/mol.